The SMILES string of the molecule is O=C1NC(=O)C2(CCN(CCCN3CCN(C(=O)/C=C/c4ccc(F)c(Cl)c4)CCC3=O)CC2)N1. The van der Waals surface area contributed by atoms with Crippen LogP contribution >= 0.6 is 11.6 Å². The molecule has 1 aromatic carbocycles. The lowest BCUT2D eigenvalue weighted by atomic mass is 9.87. The van der Waals surface area contributed by atoms with Crippen LogP contribution in [0.15, 0.2) is 24.3 Å². The van der Waals surface area contributed by atoms with Crippen molar-refractivity contribution in [3.05, 3.63) is 40.7 Å². The van der Waals surface area contributed by atoms with Gasteiger partial charge in [0.15, 0.2) is 0 Å². The van der Waals surface area contributed by atoms with Crippen molar-refractivity contribution in [1.29, 1.82) is 0 Å². The van der Waals surface area contributed by atoms with Gasteiger partial charge >= 0.3 is 6.03 Å². The van der Waals surface area contributed by atoms with E-state index in [1.165, 1.54) is 18.2 Å². The van der Waals surface area contributed by atoms with Gasteiger partial charge in [-0.2, -0.15) is 0 Å². The zero-order valence-electron chi connectivity index (χ0n) is 19.4. The van der Waals surface area contributed by atoms with Crippen molar-refractivity contribution in [1.82, 2.24) is 25.3 Å². The summed E-state index contributed by atoms with van der Waals surface area (Å²) in [4.78, 5) is 54.4. The van der Waals surface area contributed by atoms with Gasteiger partial charge in [0.1, 0.15) is 11.4 Å². The molecule has 0 saturated carbocycles. The molecule has 188 valence electrons. The summed E-state index contributed by atoms with van der Waals surface area (Å²) in [5.74, 6) is -0.934. The normalized spacial score (nSPS) is 20.9. The Bertz CT molecular complexity index is 1040. The van der Waals surface area contributed by atoms with E-state index in [0.29, 0.717) is 57.7 Å². The number of nitrogens with zero attached hydrogens (tertiary/aromatic N) is 3. The Kier molecular flexibility index (Phi) is 7.71. The highest BCUT2D eigenvalue weighted by atomic mass is 35.5. The molecule has 9 nitrogen and oxygen atoms in total. The number of amides is 5. The summed E-state index contributed by atoms with van der Waals surface area (Å²) in [6.07, 6.45) is 5.20. The van der Waals surface area contributed by atoms with Crippen LogP contribution < -0.4 is 10.6 Å². The number of carbonyl (C=O) groups is 4. The lowest BCUT2D eigenvalue weighted by Gasteiger charge is -2.37. The lowest BCUT2D eigenvalue weighted by molar-refractivity contribution is -0.130. The minimum atomic E-state index is -0.776. The molecule has 3 aliphatic rings. The number of nitrogens with one attached hydrogen (secondary N) is 2. The van der Waals surface area contributed by atoms with Gasteiger partial charge in [-0.05, 0) is 49.6 Å². The standard InChI is InChI=1S/C24H29ClFN5O4/c25-18-16-17(2-4-19(18)26)3-5-20(32)31-11-6-21(33)30(14-15-31)10-1-9-29-12-7-24(8-13-29)22(34)27-23(35)28-24/h2-5,16H,1,6-15H2,(H2,27,28,34,35)/b5-3+. The largest absolute Gasteiger partial charge is 0.341 e. The highest BCUT2D eigenvalue weighted by Crippen LogP contribution is 2.25. The zero-order chi connectivity index (χ0) is 25.0. The van der Waals surface area contributed by atoms with E-state index in [1.54, 1.807) is 21.9 Å². The van der Waals surface area contributed by atoms with Gasteiger partial charge in [-0.3, -0.25) is 19.7 Å². The molecule has 11 heteroatoms. The van der Waals surface area contributed by atoms with Crippen molar-refractivity contribution in [3.8, 4) is 0 Å². The van der Waals surface area contributed by atoms with Gasteiger partial charge < -0.3 is 20.0 Å². The number of imide groups is 1. The van der Waals surface area contributed by atoms with E-state index < -0.39 is 17.4 Å². The van der Waals surface area contributed by atoms with E-state index in [2.05, 4.69) is 15.5 Å². The van der Waals surface area contributed by atoms with Crippen LogP contribution in [0.4, 0.5) is 9.18 Å². The number of rotatable bonds is 6. The first-order chi connectivity index (χ1) is 16.8. The second-order valence-electron chi connectivity index (χ2n) is 9.15. The van der Waals surface area contributed by atoms with Crippen LogP contribution in [-0.2, 0) is 14.4 Å². The molecule has 0 atom stereocenters. The van der Waals surface area contributed by atoms with Crippen molar-refractivity contribution >= 4 is 41.4 Å². The van der Waals surface area contributed by atoms with Gasteiger partial charge in [0, 0.05) is 51.8 Å². The second kappa shape index (κ2) is 10.7. The molecule has 4 rings (SSSR count). The van der Waals surface area contributed by atoms with Crippen LogP contribution in [-0.4, -0.2) is 89.8 Å². The third-order valence-corrected chi connectivity index (χ3v) is 7.18. The van der Waals surface area contributed by atoms with Crippen LogP contribution in [0.2, 0.25) is 5.02 Å². The molecular formula is C24H29ClFN5O4. The quantitative estimate of drug-likeness (QED) is 0.452. The Morgan fingerprint density at radius 1 is 1.09 bits per heavy atom. The molecule has 3 aliphatic heterocycles. The first-order valence-electron chi connectivity index (χ1n) is 11.8. The number of piperidine rings is 1. The number of benzene rings is 1. The maximum atomic E-state index is 13.3. The summed E-state index contributed by atoms with van der Waals surface area (Å²) in [5.41, 5.74) is -0.154. The summed E-state index contributed by atoms with van der Waals surface area (Å²) in [6.45, 7) is 4.07. The maximum absolute atomic E-state index is 13.3. The summed E-state index contributed by atoms with van der Waals surface area (Å²) in [5, 5.41) is 5.07. The first kappa shape index (κ1) is 25.1. The maximum Gasteiger partial charge on any atom is 0.322 e. The van der Waals surface area contributed by atoms with E-state index in [9.17, 15) is 23.6 Å². The van der Waals surface area contributed by atoms with Crippen molar-refractivity contribution in [2.24, 2.45) is 0 Å². The number of hydrogen-bond donors (Lipinski definition) is 2. The Balaban J connectivity index is 1.21. The minimum Gasteiger partial charge on any atom is -0.341 e. The smallest absolute Gasteiger partial charge is 0.322 e. The third kappa shape index (κ3) is 5.99. The fraction of sp³-hybridized carbons (Fsp3) is 0.500. The fourth-order valence-electron chi connectivity index (χ4n) is 4.74. The summed E-state index contributed by atoms with van der Waals surface area (Å²) in [6, 6.07) is 3.82. The van der Waals surface area contributed by atoms with E-state index in [1.807, 2.05) is 0 Å². The first-order valence-corrected chi connectivity index (χ1v) is 12.2. The molecule has 0 unspecified atom stereocenters. The molecule has 0 radical (unpaired) electrons. The molecule has 0 aliphatic carbocycles. The summed E-state index contributed by atoms with van der Waals surface area (Å²) < 4.78 is 13.3. The molecular weight excluding hydrogens is 477 g/mol. The van der Waals surface area contributed by atoms with Gasteiger partial charge in [0.2, 0.25) is 11.8 Å². The molecule has 2 N–H and O–H groups in total. The fourth-order valence-corrected chi connectivity index (χ4v) is 4.93. The molecule has 3 heterocycles. The molecule has 5 amide bonds. The Morgan fingerprint density at radius 3 is 2.54 bits per heavy atom. The van der Waals surface area contributed by atoms with Crippen LogP contribution in [0.25, 0.3) is 6.08 Å². The number of halogens is 2. The highest BCUT2D eigenvalue weighted by molar-refractivity contribution is 6.30. The number of urea groups is 1. The number of carbonyl (C=O) groups excluding carboxylic acids is 4. The third-order valence-electron chi connectivity index (χ3n) is 6.89. The average molecular weight is 506 g/mol. The number of likely N-dealkylation sites (tertiary alicyclic amines) is 1. The summed E-state index contributed by atoms with van der Waals surface area (Å²) >= 11 is 5.78. The molecule has 0 aromatic heterocycles. The van der Waals surface area contributed by atoms with Gasteiger partial charge in [-0.15, -0.1) is 0 Å². The predicted molar refractivity (Wildman–Crippen MR) is 128 cm³/mol. The van der Waals surface area contributed by atoms with Gasteiger partial charge in [0.05, 0.1) is 5.02 Å². The monoisotopic (exact) mass is 505 g/mol. The molecule has 1 spiro atoms. The van der Waals surface area contributed by atoms with Crippen LogP contribution in [0.1, 0.15) is 31.2 Å². The van der Waals surface area contributed by atoms with E-state index >= 15 is 0 Å². The topological polar surface area (TPSA) is 102 Å². The van der Waals surface area contributed by atoms with Crippen molar-refractivity contribution < 1.29 is 23.6 Å². The van der Waals surface area contributed by atoms with Crippen molar-refractivity contribution in [3.63, 3.8) is 0 Å². The Morgan fingerprint density at radius 2 is 1.86 bits per heavy atom. The van der Waals surface area contributed by atoms with E-state index in [-0.39, 0.29) is 29.2 Å². The predicted octanol–water partition coefficient (Wildman–Crippen LogP) is 1.62. The van der Waals surface area contributed by atoms with Gasteiger partial charge in [-0.1, -0.05) is 17.7 Å². The van der Waals surface area contributed by atoms with Crippen molar-refractivity contribution in [2.45, 2.75) is 31.2 Å². The highest BCUT2D eigenvalue weighted by Gasteiger charge is 2.47. The van der Waals surface area contributed by atoms with Crippen LogP contribution in [0, 0.1) is 5.82 Å². The van der Waals surface area contributed by atoms with E-state index in [0.717, 1.165) is 13.0 Å². The van der Waals surface area contributed by atoms with Gasteiger partial charge in [0.25, 0.3) is 5.91 Å². The molecule has 3 fully saturated rings. The van der Waals surface area contributed by atoms with E-state index in [4.69, 9.17) is 11.6 Å². The van der Waals surface area contributed by atoms with Crippen LogP contribution in [0.5, 0.6) is 0 Å². The molecule has 3 saturated heterocycles. The lowest BCUT2D eigenvalue weighted by Crippen LogP contribution is -2.55. The van der Waals surface area contributed by atoms with Crippen molar-refractivity contribution in [2.75, 3.05) is 45.8 Å². The Labute approximate surface area is 208 Å². The second-order valence-corrected chi connectivity index (χ2v) is 9.56. The molecule has 1 aromatic rings. The zero-order valence-corrected chi connectivity index (χ0v) is 20.2. The number of hydrogen-bond acceptors (Lipinski definition) is 5. The molecule has 35 heavy (non-hydrogen) atoms. The average Bonchev–Trinajstić information content (AvgIpc) is 2.98. The van der Waals surface area contributed by atoms with Gasteiger partial charge in [-0.25, -0.2) is 9.18 Å². The Hall–Kier alpha value is -2.98. The van der Waals surface area contributed by atoms with Crippen LogP contribution in [0.3, 0.4) is 0 Å². The summed E-state index contributed by atoms with van der Waals surface area (Å²) in [7, 11) is 0. The molecule has 0 bridgehead atoms. The minimum absolute atomic E-state index is 0.00419.